The summed E-state index contributed by atoms with van der Waals surface area (Å²) in [6.45, 7) is 1.73. The van der Waals surface area contributed by atoms with Crippen molar-refractivity contribution in [3.63, 3.8) is 0 Å². The van der Waals surface area contributed by atoms with Crippen LogP contribution in [-0.4, -0.2) is 29.7 Å². The molecule has 0 spiro atoms. The predicted octanol–water partition coefficient (Wildman–Crippen LogP) is 3.92. The summed E-state index contributed by atoms with van der Waals surface area (Å²) < 4.78 is 41.0. The van der Waals surface area contributed by atoms with Crippen LogP contribution in [0.4, 0.5) is 13.2 Å². The number of rotatable bonds is 5. The lowest BCUT2D eigenvalue weighted by Gasteiger charge is -2.42. The number of benzene rings is 2. The highest BCUT2D eigenvalue weighted by molar-refractivity contribution is 5.21. The Kier molecular flexibility index (Phi) is 5.45. The van der Waals surface area contributed by atoms with Crippen LogP contribution in [0, 0.1) is 22.9 Å². The lowest BCUT2D eigenvalue weighted by Crippen LogP contribution is -2.46. The first-order valence-electron chi connectivity index (χ1n) is 8.52. The van der Waals surface area contributed by atoms with Crippen LogP contribution in [0.5, 0.6) is 0 Å². The maximum absolute atomic E-state index is 14.0. The largest absolute Gasteiger partial charge is 0.396 e. The van der Waals surface area contributed by atoms with Crippen LogP contribution in [0.2, 0.25) is 0 Å². The number of likely N-dealkylation sites (tertiary alicyclic amines) is 1. The van der Waals surface area contributed by atoms with E-state index in [4.69, 9.17) is 0 Å². The van der Waals surface area contributed by atoms with Crippen molar-refractivity contribution in [3.8, 4) is 0 Å². The van der Waals surface area contributed by atoms with Crippen LogP contribution in [0.25, 0.3) is 0 Å². The van der Waals surface area contributed by atoms with Gasteiger partial charge < -0.3 is 5.11 Å². The van der Waals surface area contributed by atoms with Gasteiger partial charge in [0, 0.05) is 30.1 Å². The van der Waals surface area contributed by atoms with Crippen molar-refractivity contribution in [1.82, 2.24) is 4.90 Å². The summed E-state index contributed by atoms with van der Waals surface area (Å²) in [7, 11) is 0. The molecule has 0 bridgehead atoms. The van der Waals surface area contributed by atoms with E-state index in [1.807, 2.05) is 0 Å². The third-order valence-electron chi connectivity index (χ3n) is 5.01. The van der Waals surface area contributed by atoms with E-state index in [1.54, 1.807) is 18.2 Å². The Morgan fingerprint density at radius 2 is 1.80 bits per heavy atom. The summed E-state index contributed by atoms with van der Waals surface area (Å²) in [4.78, 5) is 2.10. The minimum atomic E-state index is -0.607. The highest BCUT2D eigenvalue weighted by Crippen LogP contribution is 2.35. The zero-order chi connectivity index (χ0) is 17.9. The van der Waals surface area contributed by atoms with E-state index in [1.165, 1.54) is 18.2 Å². The molecule has 1 aliphatic heterocycles. The Morgan fingerprint density at radius 3 is 2.52 bits per heavy atom. The smallest absolute Gasteiger partial charge is 0.129 e. The predicted molar refractivity (Wildman–Crippen MR) is 90.5 cm³/mol. The summed E-state index contributed by atoms with van der Waals surface area (Å²) in [6, 6.07) is 10.2. The van der Waals surface area contributed by atoms with Crippen LogP contribution in [0.3, 0.4) is 0 Å². The fraction of sp³-hybridized carbons (Fsp3) is 0.400. The van der Waals surface area contributed by atoms with Gasteiger partial charge in [0.05, 0.1) is 6.61 Å². The molecule has 1 heterocycles. The number of hydrogen-bond donors (Lipinski definition) is 1. The van der Waals surface area contributed by atoms with Crippen LogP contribution >= 0.6 is 0 Å². The third kappa shape index (κ3) is 4.22. The van der Waals surface area contributed by atoms with E-state index >= 15 is 0 Å². The van der Waals surface area contributed by atoms with E-state index in [-0.39, 0.29) is 12.4 Å². The van der Waals surface area contributed by atoms with Crippen molar-refractivity contribution in [2.75, 3.05) is 19.7 Å². The van der Waals surface area contributed by atoms with Gasteiger partial charge in [0.25, 0.3) is 0 Å². The van der Waals surface area contributed by atoms with Crippen molar-refractivity contribution >= 4 is 0 Å². The fourth-order valence-electron chi connectivity index (χ4n) is 3.71. The van der Waals surface area contributed by atoms with Gasteiger partial charge in [-0.1, -0.05) is 24.3 Å². The molecule has 2 nitrogen and oxygen atoms in total. The first-order chi connectivity index (χ1) is 12.0. The molecule has 1 N–H and O–H groups in total. The molecule has 5 heteroatoms. The van der Waals surface area contributed by atoms with E-state index in [9.17, 15) is 18.3 Å². The number of aliphatic hydroxyl groups excluding tert-OH is 1. The summed E-state index contributed by atoms with van der Waals surface area (Å²) in [5.74, 6) is -1.43. The van der Waals surface area contributed by atoms with E-state index in [0.717, 1.165) is 25.5 Å². The van der Waals surface area contributed by atoms with Crippen molar-refractivity contribution in [2.24, 2.45) is 5.41 Å². The zero-order valence-corrected chi connectivity index (χ0v) is 14.0. The van der Waals surface area contributed by atoms with Gasteiger partial charge in [-0.25, -0.2) is 13.2 Å². The third-order valence-corrected chi connectivity index (χ3v) is 5.01. The van der Waals surface area contributed by atoms with Crippen LogP contribution < -0.4 is 0 Å². The molecule has 1 fully saturated rings. The van der Waals surface area contributed by atoms with Crippen molar-refractivity contribution in [3.05, 3.63) is 71.0 Å². The Hall–Kier alpha value is -1.85. The molecule has 1 atom stereocenters. The second-order valence-corrected chi connectivity index (χ2v) is 6.98. The lowest BCUT2D eigenvalue weighted by molar-refractivity contribution is 0.0278. The topological polar surface area (TPSA) is 23.5 Å². The van der Waals surface area contributed by atoms with Crippen molar-refractivity contribution < 1.29 is 18.3 Å². The van der Waals surface area contributed by atoms with Gasteiger partial charge in [-0.3, -0.25) is 4.90 Å². The summed E-state index contributed by atoms with van der Waals surface area (Å²) in [6.07, 6.45) is 1.94. The first kappa shape index (κ1) is 18.0. The summed E-state index contributed by atoms with van der Waals surface area (Å²) in [5, 5.41) is 9.99. The van der Waals surface area contributed by atoms with Gasteiger partial charge in [-0.2, -0.15) is 0 Å². The molecule has 0 saturated carbocycles. The molecule has 2 aromatic carbocycles. The van der Waals surface area contributed by atoms with E-state index < -0.39 is 17.0 Å². The average molecular weight is 349 g/mol. The van der Waals surface area contributed by atoms with Crippen LogP contribution in [-0.2, 0) is 13.0 Å². The second-order valence-electron chi connectivity index (χ2n) is 6.98. The van der Waals surface area contributed by atoms with Crippen LogP contribution in [0.15, 0.2) is 42.5 Å². The number of piperidine rings is 1. The summed E-state index contributed by atoms with van der Waals surface area (Å²) in [5.41, 5.74) is 0.523. The quantitative estimate of drug-likeness (QED) is 0.884. The highest BCUT2D eigenvalue weighted by Gasteiger charge is 2.36. The molecular weight excluding hydrogens is 327 g/mol. The van der Waals surface area contributed by atoms with Gasteiger partial charge in [-0.15, -0.1) is 0 Å². The summed E-state index contributed by atoms with van der Waals surface area (Å²) >= 11 is 0. The van der Waals surface area contributed by atoms with Gasteiger partial charge in [0.15, 0.2) is 0 Å². The van der Waals surface area contributed by atoms with Gasteiger partial charge in [-0.05, 0) is 43.5 Å². The zero-order valence-electron chi connectivity index (χ0n) is 14.0. The second kappa shape index (κ2) is 7.58. The van der Waals surface area contributed by atoms with E-state index in [2.05, 4.69) is 4.90 Å². The van der Waals surface area contributed by atoms with Crippen molar-refractivity contribution in [2.45, 2.75) is 25.8 Å². The Bertz CT molecular complexity index is 737. The minimum absolute atomic E-state index is 0.0857. The first-order valence-corrected chi connectivity index (χ1v) is 8.52. The maximum atomic E-state index is 14.0. The number of nitrogens with zero attached hydrogens (tertiary/aromatic N) is 1. The average Bonchev–Trinajstić information content (AvgIpc) is 2.60. The van der Waals surface area contributed by atoms with Gasteiger partial charge >= 0.3 is 0 Å². The molecule has 0 aliphatic carbocycles. The Morgan fingerprint density at radius 1 is 1.00 bits per heavy atom. The normalized spacial score (nSPS) is 21.4. The minimum Gasteiger partial charge on any atom is -0.396 e. The molecule has 25 heavy (non-hydrogen) atoms. The molecule has 134 valence electrons. The molecule has 3 rings (SSSR count). The maximum Gasteiger partial charge on any atom is 0.129 e. The number of hydrogen-bond acceptors (Lipinski definition) is 2. The highest BCUT2D eigenvalue weighted by atomic mass is 19.1. The number of halogens is 3. The molecule has 0 amide bonds. The fourth-order valence-corrected chi connectivity index (χ4v) is 3.71. The van der Waals surface area contributed by atoms with Gasteiger partial charge in [0.1, 0.15) is 17.5 Å². The molecule has 0 aromatic heterocycles. The lowest BCUT2D eigenvalue weighted by atomic mass is 9.75. The van der Waals surface area contributed by atoms with Crippen LogP contribution in [0.1, 0.15) is 24.0 Å². The van der Waals surface area contributed by atoms with Gasteiger partial charge in [0.2, 0.25) is 0 Å². The van der Waals surface area contributed by atoms with E-state index in [0.29, 0.717) is 30.6 Å². The number of aliphatic hydroxyl groups is 1. The Balaban J connectivity index is 1.75. The molecule has 0 radical (unpaired) electrons. The van der Waals surface area contributed by atoms with Crippen molar-refractivity contribution in [1.29, 1.82) is 0 Å². The molecular formula is C20H22F3NO. The standard InChI is InChI=1S/C20H22F3NO/c21-17-7-6-15(19(23)10-17)11-20(14-25)8-3-9-24(13-20)12-16-4-1-2-5-18(16)22/h1-2,4-7,10,25H,3,8-9,11-14H2. The Labute approximate surface area is 145 Å². The molecule has 1 saturated heterocycles. The molecule has 2 aromatic rings. The monoisotopic (exact) mass is 349 g/mol. The SMILES string of the molecule is OCC1(Cc2ccc(F)cc2F)CCCN(Cc2ccccc2F)C1. The molecule has 1 unspecified atom stereocenters. The molecule has 1 aliphatic rings.